The summed E-state index contributed by atoms with van der Waals surface area (Å²) in [6.07, 6.45) is 3.46. The first-order chi connectivity index (χ1) is 16.3. The number of hydrogen-bond acceptors (Lipinski definition) is 4. The van der Waals surface area contributed by atoms with E-state index in [0.717, 1.165) is 5.56 Å². The van der Waals surface area contributed by atoms with Crippen LogP contribution in [0.1, 0.15) is 48.2 Å². The zero-order valence-corrected chi connectivity index (χ0v) is 20.9. The summed E-state index contributed by atoms with van der Waals surface area (Å²) in [5.41, 5.74) is 0.933. The molecule has 4 rings (SSSR count). The Morgan fingerprint density at radius 2 is 1.71 bits per heavy atom. The molecule has 2 aromatic rings. The van der Waals surface area contributed by atoms with Gasteiger partial charge in [0, 0.05) is 58.0 Å². The Balaban J connectivity index is 1.54. The fraction of sp³-hybridized carbons (Fsp3) is 0.480. The fourth-order valence-electron chi connectivity index (χ4n) is 5.10. The van der Waals surface area contributed by atoms with E-state index in [0.29, 0.717) is 55.5 Å². The summed E-state index contributed by atoms with van der Waals surface area (Å²) < 4.78 is 5.32. The molecule has 34 heavy (non-hydrogen) atoms. The molecular formula is C25H29Cl2N3O4. The molecule has 0 saturated carbocycles. The molecule has 0 bridgehead atoms. The maximum Gasteiger partial charge on any atom is 0.289 e. The van der Waals surface area contributed by atoms with Gasteiger partial charge in [-0.05, 0) is 49.1 Å². The highest BCUT2D eigenvalue weighted by Gasteiger charge is 2.39. The average molecular weight is 506 g/mol. The first-order valence-corrected chi connectivity index (χ1v) is 12.3. The average Bonchev–Trinajstić information content (AvgIpc) is 3.39. The van der Waals surface area contributed by atoms with Gasteiger partial charge in [-0.1, -0.05) is 29.3 Å². The Hall–Kier alpha value is -2.51. The number of nitrogens with zero attached hydrogens (tertiary/aromatic N) is 3. The van der Waals surface area contributed by atoms with Gasteiger partial charge in [0.25, 0.3) is 5.91 Å². The van der Waals surface area contributed by atoms with E-state index in [1.54, 1.807) is 42.0 Å². The minimum absolute atomic E-state index is 0.0515. The molecule has 3 amide bonds. The van der Waals surface area contributed by atoms with Crippen molar-refractivity contribution in [3.63, 3.8) is 0 Å². The second-order valence-corrected chi connectivity index (χ2v) is 9.91. The third kappa shape index (κ3) is 5.10. The molecule has 0 N–H and O–H groups in total. The maximum absolute atomic E-state index is 13.4. The Bertz CT molecular complexity index is 1050. The number of hydrogen-bond donors (Lipinski definition) is 0. The maximum atomic E-state index is 13.4. The van der Waals surface area contributed by atoms with Crippen molar-refractivity contribution in [1.82, 2.24) is 14.7 Å². The molecule has 2 aliphatic rings. The minimum Gasteiger partial charge on any atom is -0.459 e. The van der Waals surface area contributed by atoms with Gasteiger partial charge in [0.15, 0.2) is 5.76 Å². The van der Waals surface area contributed by atoms with E-state index in [2.05, 4.69) is 0 Å². The van der Waals surface area contributed by atoms with Crippen molar-refractivity contribution in [3.8, 4) is 0 Å². The minimum atomic E-state index is -0.198. The number of benzene rings is 1. The molecule has 0 radical (unpaired) electrons. The summed E-state index contributed by atoms with van der Waals surface area (Å²) in [6, 6.07) is 8.69. The van der Waals surface area contributed by atoms with Crippen LogP contribution in [0.5, 0.6) is 0 Å². The highest BCUT2D eigenvalue weighted by Crippen LogP contribution is 2.35. The van der Waals surface area contributed by atoms with Crippen molar-refractivity contribution in [2.24, 2.45) is 5.92 Å². The number of carbonyl (C=O) groups is 3. The zero-order valence-electron chi connectivity index (χ0n) is 19.4. The molecule has 182 valence electrons. The summed E-state index contributed by atoms with van der Waals surface area (Å²) >= 11 is 12.5. The monoisotopic (exact) mass is 505 g/mol. The number of likely N-dealkylation sites (N-methyl/N-ethyl adjacent to an activating group) is 1. The number of piperidine rings is 2. The van der Waals surface area contributed by atoms with Crippen LogP contribution in [0.2, 0.25) is 10.0 Å². The van der Waals surface area contributed by atoms with Gasteiger partial charge in [0.2, 0.25) is 11.8 Å². The molecule has 0 unspecified atom stereocenters. The van der Waals surface area contributed by atoms with E-state index in [-0.39, 0.29) is 41.4 Å². The molecule has 1 aromatic carbocycles. The molecule has 1 aromatic heterocycles. The smallest absolute Gasteiger partial charge is 0.289 e. The van der Waals surface area contributed by atoms with Crippen molar-refractivity contribution < 1.29 is 18.8 Å². The van der Waals surface area contributed by atoms with E-state index in [9.17, 15) is 14.4 Å². The zero-order chi connectivity index (χ0) is 24.4. The van der Waals surface area contributed by atoms with Crippen LogP contribution in [0.3, 0.4) is 0 Å². The predicted molar refractivity (Wildman–Crippen MR) is 130 cm³/mol. The normalized spacial score (nSPS) is 21.4. The Labute approximate surface area is 209 Å². The molecule has 7 nitrogen and oxygen atoms in total. The second-order valence-electron chi connectivity index (χ2n) is 9.09. The number of halogens is 2. The van der Waals surface area contributed by atoms with Gasteiger partial charge >= 0.3 is 0 Å². The Morgan fingerprint density at radius 3 is 2.32 bits per heavy atom. The largest absolute Gasteiger partial charge is 0.459 e. The molecule has 2 atom stereocenters. The third-order valence-corrected chi connectivity index (χ3v) is 7.84. The quantitative estimate of drug-likeness (QED) is 0.620. The van der Waals surface area contributed by atoms with E-state index < -0.39 is 0 Å². The standard InChI is InChI=1S/C25H29Cl2N3O4/c1-16(31)29-10-7-17(8-11-29)24(32)30-12-9-22(28(2)25(33)23-4-3-13-34-23)19(15-30)18-5-6-20(26)21(27)14-18/h3-6,13-14,17,19,22H,7-12,15H2,1-2H3/t19-,22+/m0/s1. The molecule has 2 saturated heterocycles. The molecular weight excluding hydrogens is 477 g/mol. The van der Waals surface area contributed by atoms with E-state index in [4.69, 9.17) is 27.6 Å². The van der Waals surface area contributed by atoms with Crippen LogP contribution in [0.15, 0.2) is 41.0 Å². The lowest BCUT2D eigenvalue weighted by Crippen LogP contribution is -2.53. The molecule has 2 fully saturated rings. The lowest BCUT2D eigenvalue weighted by Gasteiger charge is -2.44. The van der Waals surface area contributed by atoms with Gasteiger partial charge in [-0.15, -0.1) is 0 Å². The molecule has 2 aliphatic heterocycles. The number of furan rings is 1. The first-order valence-electron chi connectivity index (χ1n) is 11.6. The summed E-state index contributed by atoms with van der Waals surface area (Å²) in [7, 11) is 1.77. The summed E-state index contributed by atoms with van der Waals surface area (Å²) in [5.74, 6) is 0.0303. The number of carbonyl (C=O) groups excluding carboxylic acids is 3. The van der Waals surface area contributed by atoms with Crippen molar-refractivity contribution in [2.75, 3.05) is 33.2 Å². The lowest BCUT2D eigenvalue weighted by molar-refractivity contribution is -0.141. The van der Waals surface area contributed by atoms with Crippen molar-refractivity contribution in [3.05, 3.63) is 58.0 Å². The SMILES string of the molecule is CC(=O)N1CCC(C(=O)N2CC[C@@H](N(C)C(=O)c3ccco3)[C@H](c3ccc(Cl)c(Cl)c3)C2)CC1. The van der Waals surface area contributed by atoms with Gasteiger partial charge < -0.3 is 19.1 Å². The predicted octanol–water partition coefficient (Wildman–Crippen LogP) is 4.30. The third-order valence-electron chi connectivity index (χ3n) is 7.10. The highest BCUT2D eigenvalue weighted by atomic mass is 35.5. The Morgan fingerprint density at radius 1 is 1.00 bits per heavy atom. The number of amides is 3. The number of likely N-dealkylation sites (tertiary alicyclic amines) is 2. The second kappa shape index (κ2) is 10.4. The van der Waals surface area contributed by atoms with Crippen LogP contribution < -0.4 is 0 Å². The molecule has 3 heterocycles. The van der Waals surface area contributed by atoms with Gasteiger partial charge in [-0.3, -0.25) is 14.4 Å². The lowest BCUT2D eigenvalue weighted by atomic mass is 9.84. The molecule has 9 heteroatoms. The van der Waals surface area contributed by atoms with Crippen LogP contribution in [0, 0.1) is 5.92 Å². The Kier molecular flexibility index (Phi) is 7.53. The van der Waals surface area contributed by atoms with Gasteiger partial charge in [0.1, 0.15) is 0 Å². The van der Waals surface area contributed by atoms with Crippen molar-refractivity contribution >= 4 is 40.9 Å². The van der Waals surface area contributed by atoms with Crippen LogP contribution in [0.25, 0.3) is 0 Å². The van der Waals surface area contributed by atoms with Crippen molar-refractivity contribution in [1.29, 1.82) is 0 Å². The fourth-order valence-corrected chi connectivity index (χ4v) is 5.40. The number of rotatable bonds is 4. The summed E-state index contributed by atoms with van der Waals surface area (Å²) in [6.45, 7) is 3.82. The summed E-state index contributed by atoms with van der Waals surface area (Å²) in [5, 5.41) is 0.904. The van der Waals surface area contributed by atoms with Crippen LogP contribution in [0.4, 0.5) is 0 Å². The van der Waals surface area contributed by atoms with Gasteiger partial charge in [0.05, 0.1) is 16.3 Å². The van der Waals surface area contributed by atoms with Gasteiger partial charge in [-0.25, -0.2) is 0 Å². The first kappa shape index (κ1) is 24.6. The van der Waals surface area contributed by atoms with E-state index >= 15 is 0 Å². The summed E-state index contributed by atoms with van der Waals surface area (Å²) in [4.78, 5) is 43.5. The van der Waals surface area contributed by atoms with Crippen molar-refractivity contribution in [2.45, 2.75) is 38.1 Å². The van der Waals surface area contributed by atoms with E-state index in [1.165, 1.54) is 6.26 Å². The molecule has 0 spiro atoms. The van der Waals surface area contributed by atoms with Crippen LogP contribution in [-0.4, -0.2) is 71.7 Å². The van der Waals surface area contributed by atoms with Gasteiger partial charge in [-0.2, -0.15) is 0 Å². The molecule has 0 aliphatic carbocycles. The topological polar surface area (TPSA) is 74.1 Å². The van der Waals surface area contributed by atoms with Crippen LogP contribution in [-0.2, 0) is 9.59 Å². The van der Waals surface area contributed by atoms with E-state index in [1.807, 2.05) is 17.0 Å². The highest BCUT2D eigenvalue weighted by molar-refractivity contribution is 6.42. The van der Waals surface area contributed by atoms with Crippen LogP contribution >= 0.6 is 23.2 Å².